The van der Waals surface area contributed by atoms with E-state index in [0.29, 0.717) is 10.4 Å². The van der Waals surface area contributed by atoms with Gasteiger partial charge in [-0.2, -0.15) is 0 Å². The highest BCUT2D eigenvalue weighted by atomic mass is 35.5. The summed E-state index contributed by atoms with van der Waals surface area (Å²) >= 11 is 5.63. The minimum Gasteiger partial charge on any atom is -0.289 e. The zero-order chi connectivity index (χ0) is 6.43. The molecule has 0 bridgehead atoms. The van der Waals surface area contributed by atoms with Crippen LogP contribution < -0.4 is 5.43 Å². The van der Waals surface area contributed by atoms with Crippen molar-refractivity contribution in [1.29, 1.82) is 0 Å². The van der Waals surface area contributed by atoms with E-state index in [1.165, 1.54) is 0 Å². The van der Waals surface area contributed by atoms with Gasteiger partial charge in [-0.1, -0.05) is 23.7 Å². The Balaban J connectivity index is 2.98. The molecule has 0 unspecified atom stereocenters. The highest BCUT2D eigenvalue weighted by Gasteiger charge is 2.13. The Bertz CT molecular complexity index is 368. The molecule has 0 fully saturated rings. The number of hydrogen-bond donors (Lipinski definition) is 0. The minimum absolute atomic E-state index is 0.102. The monoisotopic (exact) mass is 138 g/mol. The molecular formula is C7H3ClO. The Morgan fingerprint density at radius 2 is 2.11 bits per heavy atom. The van der Waals surface area contributed by atoms with Crippen molar-refractivity contribution in [1.82, 2.24) is 0 Å². The SMILES string of the molecule is O=c1c2cccc(Cl)c12. The average Bonchev–Trinajstić information content (AvgIpc) is 2.45. The van der Waals surface area contributed by atoms with E-state index in [2.05, 4.69) is 0 Å². The van der Waals surface area contributed by atoms with Crippen LogP contribution in [-0.4, -0.2) is 0 Å². The Morgan fingerprint density at radius 1 is 1.33 bits per heavy atom. The molecule has 0 aromatic heterocycles. The first-order valence-corrected chi connectivity index (χ1v) is 3.02. The maximum atomic E-state index is 10.7. The molecule has 0 radical (unpaired) electrons. The van der Waals surface area contributed by atoms with Gasteiger partial charge < -0.3 is 0 Å². The topological polar surface area (TPSA) is 17.1 Å². The molecule has 0 N–H and O–H groups in total. The molecule has 0 atom stereocenters. The summed E-state index contributed by atoms with van der Waals surface area (Å²) in [5.74, 6) is 0. The Morgan fingerprint density at radius 3 is 2.67 bits per heavy atom. The molecule has 0 aliphatic heterocycles. The lowest BCUT2D eigenvalue weighted by atomic mass is 10.4. The predicted molar refractivity (Wildman–Crippen MR) is 37.6 cm³/mol. The van der Waals surface area contributed by atoms with Gasteiger partial charge in [-0.25, -0.2) is 0 Å². The van der Waals surface area contributed by atoms with E-state index in [9.17, 15) is 4.79 Å². The first-order chi connectivity index (χ1) is 4.30. The van der Waals surface area contributed by atoms with Crippen LogP contribution in [0.3, 0.4) is 0 Å². The summed E-state index contributed by atoms with van der Waals surface area (Å²) in [6.07, 6.45) is 0. The maximum Gasteiger partial charge on any atom is 0.196 e. The largest absolute Gasteiger partial charge is 0.289 e. The summed E-state index contributed by atoms with van der Waals surface area (Å²) in [6.45, 7) is 0. The van der Waals surface area contributed by atoms with Gasteiger partial charge >= 0.3 is 0 Å². The van der Waals surface area contributed by atoms with Crippen LogP contribution in [0.1, 0.15) is 0 Å². The Hall–Kier alpha value is -0.820. The molecule has 2 aromatic carbocycles. The fourth-order valence-corrected chi connectivity index (χ4v) is 1.15. The maximum absolute atomic E-state index is 10.7. The summed E-state index contributed by atoms with van der Waals surface area (Å²) in [5.41, 5.74) is 0.102. The molecule has 2 aromatic rings. The number of rotatable bonds is 0. The van der Waals surface area contributed by atoms with E-state index in [0.717, 1.165) is 5.39 Å². The lowest BCUT2D eigenvalue weighted by molar-refractivity contribution is 1.89. The standard InChI is InChI=1S/C7H3ClO/c8-5-3-1-2-4-6(5)7(4)9/h1-3H. The molecule has 2 heteroatoms. The van der Waals surface area contributed by atoms with Gasteiger partial charge in [0.2, 0.25) is 0 Å². The van der Waals surface area contributed by atoms with Gasteiger partial charge in [0.1, 0.15) is 0 Å². The quantitative estimate of drug-likeness (QED) is 0.542. The van der Waals surface area contributed by atoms with Crippen LogP contribution in [0.15, 0.2) is 23.0 Å². The van der Waals surface area contributed by atoms with Gasteiger partial charge in [0.05, 0.1) is 10.4 Å². The van der Waals surface area contributed by atoms with Crippen molar-refractivity contribution in [2.75, 3.05) is 0 Å². The molecule has 9 heavy (non-hydrogen) atoms. The second kappa shape index (κ2) is 1.36. The molecule has 44 valence electrons. The normalized spacial score (nSPS) is 11.2. The van der Waals surface area contributed by atoms with Gasteiger partial charge in [-0.05, 0) is 6.07 Å². The summed E-state index contributed by atoms with van der Waals surface area (Å²) in [6, 6.07) is 5.29. The van der Waals surface area contributed by atoms with Crippen molar-refractivity contribution in [3.63, 3.8) is 0 Å². The smallest absolute Gasteiger partial charge is 0.196 e. The number of benzene rings is 1. The first-order valence-electron chi connectivity index (χ1n) is 2.64. The third kappa shape index (κ3) is 0.524. The van der Waals surface area contributed by atoms with Crippen molar-refractivity contribution >= 4 is 22.4 Å². The van der Waals surface area contributed by atoms with E-state index in [1.54, 1.807) is 18.2 Å². The van der Waals surface area contributed by atoms with E-state index in [4.69, 9.17) is 11.6 Å². The van der Waals surface area contributed by atoms with Crippen molar-refractivity contribution in [2.45, 2.75) is 0 Å². The van der Waals surface area contributed by atoms with Crippen LogP contribution >= 0.6 is 11.6 Å². The molecular weight excluding hydrogens is 136 g/mol. The molecule has 0 amide bonds. The molecule has 0 aliphatic carbocycles. The second-order valence-corrected chi connectivity index (χ2v) is 2.40. The van der Waals surface area contributed by atoms with Crippen LogP contribution in [-0.2, 0) is 0 Å². The van der Waals surface area contributed by atoms with Gasteiger partial charge in [-0.15, -0.1) is 0 Å². The zero-order valence-corrected chi connectivity index (χ0v) is 5.27. The van der Waals surface area contributed by atoms with Crippen LogP contribution in [0.5, 0.6) is 0 Å². The minimum atomic E-state index is 0.102. The van der Waals surface area contributed by atoms with Crippen LogP contribution in [0.2, 0.25) is 5.02 Å². The van der Waals surface area contributed by atoms with Gasteiger partial charge in [0, 0.05) is 5.39 Å². The average molecular weight is 139 g/mol. The summed E-state index contributed by atoms with van der Waals surface area (Å²) in [7, 11) is 0. The molecule has 0 saturated carbocycles. The molecule has 1 nitrogen and oxygen atoms in total. The number of halogens is 1. The van der Waals surface area contributed by atoms with Crippen molar-refractivity contribution in [2.24, 2.45) is 0 Å². The predicted octanol–water partition coefficient (Wildman–Crippen LogP) is 1.73. The summed E-state index contributed by atoms with van der Waals surface area (Å²) in [4.78, 5) is 10.7. The molecule has 0 spiro atoms. The third-order valence-electron chi connectivity index (χ3n) is 1.42. The summed E-state index contributed by atoms with van der Waals surface area (Å²) in [5, 5.41) is 2.07. The third-order valence-corrected chi connectivity index (χ3v) is 1.74. The Labute approximate surface area is 56.5 Å². The number of fused-ring (bicyclic) bond motifs is 1. The molecule has 0 aliphatic rings. The van der Waals surface area contributed by atoms with E-state index < -0.39 is 0 Å². The van der Waals surface area contributed by atoms with Crippen molar-refractivity contribution in [3.8, 4) is 0 Å². The zero-order valence-electron chi connectivity index (χ0n) is 4.52. The van der Waals surface area contributed by atoms with Crippen molar-refractivity contribution in [3.05, 3.63) is 33.4 Å². The van der Waals surface area contributed by atoms with Gasteiger partial charge in [0.15, 0.2) is 5.43 Å². The highest BCUT2D eigenvalue weighted by Crippen LogP contribution is 2.23. The molecule has 0 saturated heterocycles. The van der Waals surface area contributed by atoms with Crippen LogP contribution in [0.25, 0.3) is 10.8 Å². The highest BCUT2D eigenvalue weighted by molar-refractivity contribution is 6.37. The lowest BCUT2D eigenvalue weighted by Crippen LogP contribution is -1.67. The van der Waals surface area contributed by atoms with Crippen LogP contribution in [0.4, 0.5) is 0 Å². The van der Waals surface area contributed by atoms with E-state index in [-0.39, 0.29) is 5.43 Å². The first kappa shape index (κ1) is 5.00. The fourth-order valence-electron chi connectivity index (χ4n) is 0.892. The molecule has 2 rings (SSSR count). The van der Waals surface area contributed by atoms with Gasteiger partial charge in [0.25, 0.3) is 0 Å². The second-order valence-electron chi connectivity index (χ2n) is 1.99. The van der Waals surface area contributed by atoms with E-state index in [1.807, 2.05) is 0 Å². The van der Waals surface area contributed by atoms with Crippen LogP contribution in [0, 0.1) is 0 Å². The summed E-state index contributed by atoms with van der Waals surface area (Å²) < 4.78 is 0. The van der Waals surface area contributed by atoms with E-state index >= 15 is 0 Å². The number of hydrogen-bond acceptors (Lipinski definition) is 1. The van der Waals surface area contributed by atoms with Crippen molar-refractivity contribution < 1.29 is 0 Å². The molecule has 0 heterocycles. The Kier molecular flexibility index (Phi) is 0.758. The fraction of sp³-hybridized carbons (Fsp3) is 0. The lowest BCUT2D eigenvalue weighted by Gasteiger charge is -1.77. The van der Waals surface area contributed by atoms with Gasteiger partial charge in [-0.3, -0.25) is 4.79 Å².